The van der Waals surface area contributed by atoms with E-state index in [0.29, 0.717) is 44.2 Å². The summed E-state index contributed by atoms with van der Waals surface area (Å²) in [5.74, 6) is 0.0824. The van der Waals surface area contributed by atoms with Crippen LogP contribution in [-0.4, -0.2) is 50.4 Å². The lowest BCUT2D eigenvalue weighted by atomic mass is 9.82. The molecule has 5 aromatic rings. The minimum absolute atomic E-state index is 0.0825. The summed E-state index contributed by atoms with van der Waals surface area (Å²) in [6.45, 7) is 5.66. The van der Waals surface area contributed by atoms with Crippen LogP contribution >= 0.6 is 0 Å². The highest BCUT2D eigenvalue weighted by molar-refractivity contribution is 5.77. The normalized spacial score (nSPS) is 18.7. The Labute approximate surface area is 279 Å². The number of phenols is 1. The molecular weight excluding hydrogens is 607 g/mol. The maximum atomic E-state index is 14.5. The Morgan fingerprint density at radius 1 is 0.938 bits per heavy atom. The van der Waals surface area contributed by atoms with Gasteiger partial charge in [-0.1, -0.05) is 48.0 Å². The number of nitrogens with zero attached hydrogens (tertiary/aromatic N) is 4. The molecule has 0 spiro atoms. The third-order valence-electron chi connectivity index (χ3n) is 10.0. The highest BCUT2D eigenvalue weighted by Crippen LogP contribution is 2.34. The Bertz CT molecular complexity index is 2040. The van der Waals surface area contributed by atoms with Gasteiger partial charge in [-0.15, -0.1) is 0 Å². The van der Waals surface area contributed by atoms with E-state index in [9.17, 15) is 19.1 Å². The number of aromatic nitrogens is 3. The zero-order valence-corrected chi connectivity index (χ0v) is 27.3. The molecule has 1 saturated heterocycles. The Morgan fingerprint density at radius 3 is 2.48 bits per heavy atom. The zero-order valence-electron chi connectivity index (χ0n) is 27.3. The van der Waals surface area contributed by atoms with Gasteiger partial charge in [-0.3, -0.25) is 14.3 Å². The Kier molecular flexibility index (Phi) is 9.23. The van der Waals surface area contributed by atoms with Gasteiger partial charge in [0.05, 0.1) is 30.5 Å². The van der Waals surface area contributed by atoms with Crippen molar-refractivity contribution in [1.29, 1.82) is 0 Å². The largest absolute Gasteiger partial charge is 0.508 e. The monoisotopic (exact) mass is 648 g/mol. The van der Waals surface area contributed by atoms with Crippen LogP contribution in [0.4, 0.5) is 4.39 Å². The summed E-state index contributed by atoms with van der Waals surface area (Å²) in [4.78, 5) is 34.8. The van der Waals surface area contributed by atoms with Crippen LogP contribution in [0.1, 0.15) is 54.8 Å². The van der Waals surface area contributed by atoms with E-state index in [1.54, 1.807) is 12.1 Å². The number of aromatic hydroxyl groups is 1. The van der Waals surface area contributed by atoms with Gasteiger partial charge in [-0.25, -0.2) is 18.7 Å². The van der Waals surface area contributed by atoms with Crippen LogP contribution in [0.15, 0.2) is 88.6 Å². The van der Waals surface area contributed by atoms with Gasteiger partial charge in [0.25, 0.3) is 5.56 Å². The van der Waals surface area contributed by atoms with Crippen molar-refractivity contribution in [3.8, 4) is 22.6 Å². The molecule has 2 aliphatic rings. The third-order valence-corrected chi connectivity index (χ3v) is 10.0. The predicted molar refractivity (Wildman–Crippen MR) is 185 cm³/mol. The van der Waals surface area contributed by atoms with Gasteiger partial charge in [0.15, 0.2) is 5.65 Å². The first kappa shape index (κ1) is 32.0. The van der Waals surface area contributed by atoms with Crippen molar-refractivity contribution in [3.05, 3.63) is 122 Å². The van der Waals surface area contributed by atoms with Gasteiger partial charge in [-0.05, 0) is 104 Å². The first-order valence-electron chi connectivity index (χ1n) is 17.0. The Hall–Kier alpha value is -4.60. The topological polar surface area (TPSA) is 89.6 Å². The minimum atomic E-state index is -0.623. The molecule has 2 aromatic heterocycles. The number of pyridine rings is 1. The maximum absolute atomic E-state index is 14.5. The molecule has 2 fully saturated rings. The summed E-state index contributed by atoms with van der Waals surface area (Å²) < 4.78 is 22.9. The van der Waals surface area contributed by atoms with Crippen molar-refractivity contribution in [1.82, 2.24) is 19.0 Å². The molecule has 8 nitrogen and oxygen atoms in total. The van der Waals surface area contributed by atoms with Crippen molar-refractivity contribution in [2.24, 2.45) is 5.92 Å². The van der Waals surface area contributed by atoms with Crippen LogP contribution in [0.5, 0.6) is 5.75 Å². The standard InChI is InChI=1S/C39H41FN4O4/c1-26-5-7-27(8-6-26)9-10-28-11-13-32(14-12-28)44-38(46)36-23-31(40)24-41-37(36)43(39(44)47)33-4-2-3-29(21-33)35-16-15-34(45)22-30(35)25-42-17-19-48-20-18-42/h2-8,15-16,21-24,28,32,45H,9-14,17-20,25H2,1H3. The second-order valence-corrected chi connectivity index (χ2v) is 13.3. The number of benzene rings is 3. The number of halogens is 1. The summed E-state index contributed by atoms with van der Waals surface area (Å²) in [7, 11) is 0. The van der Waals surface area contributed by atoms with Crippen molar-refractivity contribution in [2.45, 2.75) is 58.0 Å². The zero-order chi connectivity index (χ0) is 33.2. The van der Waals surface area contributed by atoms with Crippen LogP contribution in [0, 0.1) is 18.7 Å². The first-order valence-corrected chi connectivity index (χ1v) is 17.0. The number of fused-ring (bicyclic) bond motifs is 1. The summed E-state index contributed by atoms with van der Waals surface area (Å²) in [6, 6.07) is 22.4. The molecular formula is C39H41FN4O4. The van der Waals surface area contributed by atoms with Crippen molar-refractivity contribution < 1.29 is 14.2 Å². The van der Waals surface area contributed by atoms with Gasteiger partial charge >= 0.3 is 5.69 Å². The number of morpholine rings is 1. The second-order valence-electron chi connectivity index (χ2n) is 13.3. The molecule has 0 atom stereocenters. The lowest BCUT2D eigenvalue weighted by Crippen LogP contribution is -2.43. The highest BCUT2D eigenvalue weighted by atomic mass is 19.1. The van der Waals surface area contributed by atoms with E-state index in [4.69, 9.17) is 4.74 Å². The fraction of sp³-hybridized carbons (Fsp3) is 0.359. The van der Waals surface area contributed by atoms with Crippen molar-refractivity contribution >= 4 is 11.0 Å². The average molecular weight is 649 g/mol. The molecule has 1 aliphatic carbocycles. The lowest BCUT2D eigenvalue weighted by molar-refractivity contribution is 0.0342. The molecule has 48 heavy (non-hydrogen) atoms. The van der Waals surface area contributed by atoms with E-state index in [-0.39, 0.29) is 22.8 Å². The second kappa shape index (κ2) is 13.9. The molecule has 1 aliphatic heterocycles. The average Bonchev–Trinajstić information content (AvgIpc) is 3.10. The number of aryl methyl sites for hydroxylation is 2. The molecule has 3 aromatic carbocycles. The smallest absolute Gasteiger partial charge is 0.337 e. The fourth-order valence-electron chi connectivity index (χ4n) is 7.36. The van der Waals surface area contributed by atoms with Gasteiger partial charge in [0.2, 0.25) is 0 Å². The third kappa shape index (κ3) is 6.70. The quantitative estimate of drug-likeness (QED) is 0.205. The van der Waals surface area contributed by atoms with E-state index in [2.05, 4.69) is 41.1 Å². The number of hydrogen-bond acceptors (Lipinski definition) is 6. The van der Waals surface area contributed by atoms with Crippen molar-refractivity contribution in [3.63, 3.8) is 0 Å². The number of ether oxygens (including phenoxy) is 1. The SMILES string of the molecule is Cc1ccc(CCC2CCC(n3c(=O)c4cc(F)cnc4n(-c4cccc(-c5ccc(O)cc5CN5CCOCC5)c4)c3=O)CC2)cc1. The van der Waals surface area contributed by atoms with E-state index in [0.717, 1.165) is 61.7 Å². The molecule has 0 radical (unpaired) electrons. The summed E-state index contributed by atoms with van der Waals surface area (Å²) in [6.07, 6.45) is 6.38. The van der Waals surface area contributed by atoms with Crippen LogP contribution < -0.4 is 11.2 Å². The van der Waals surface area contributed by atoms with Gasteiger partial charge in [0.1, 0.15) is 11.6 Å². The number of rotatable bonds is 8. The fourth-order valence-corrected chi connectivity index (χ4v) is 7.36. The summed E-state index contributed by atoms with van der Waals surface area (Å²) in [5, 5.41) is 10.4. The molecule has 0 bridgehead atoms. The molecule has 0 unspecified atom stereocenters. The van der Waals surface area contributed by atoms with E-state index >= 15 is 0 Å². The lowest BCUT2D eigenvalue weighted by Gasteiger charge is -2.30. The summed E-state index contributed by atoms with van der Waals surface area (Å²) in [5.41, 5.74) is 5.01. The molecule has 9 heteroatoms. The van der Waals surface area contributed by atoms with Gasteiger partial charge < -0.3 is 9.84 Å². The van der Waals surface area contributed by atoms with E-state index < -0.39 is 17.1 Å². The Balaban J connectivity index is 1.22. The maximum Gasteiger partial charge on any atom is 0.337 e. The van der Waals surface area contributed by atoms with Gasteiger partial charge in [0, 0.05) is 25.7 Å². The molecule has 0 amide bonds. The Morgan fingerprint density at radius 2 is 1.71 bits per heavy atom. The number of phenolic OH excluding ortho intramolecular Hbond substituents is 1. The van der Waals surface area contributed by atoms with Crippen LogP contribution in [0.2, 0.25) is 0 Å². The molecule has 3 heterocycles. The number of hydrogen-bond donors (Lipinski definition) is 1. The van der Waals surface area contributed by atoms with Crippen LogP contribution in [0.25, 0.3) is 27.8 Å². The van der Waals surface area contributed by atoms with Crippen LogP contribution in [-0.2, 0) is 17.7 Å². The predicted octanol–water partition coefficient (Wildman–Crippen LogP) is 6.56. The molecule has 1 N–H and O–H groups in total. The first-order chi connectivity index (χ1) is 23.3. The highest BCUT2D eigenvalue weighted by Gasteiger charge is 2.27. The summed E-state index contributed by atoms with van der Waals surface area (Å²) >= 11 is 0. The van der Waals surface area contributed by atoms with E-state index in [1.165, 1.54) is 26.3 Å². The molecule has 7 rings (SSSR count). The molecule has 248 valence electrons. The molecule has 1 saturated carbocycles. The van der Waals surface area contributed by atoms with Crippen molar-refractivity contribution in [2.75, 3.05) is 26.3 Å². The van der Waals surface area contributed by atoms with Gasteiger partial charge in [-0.2, -0.15) is 0 Å². The van der Waals surface area contributed by atoms with Crippen LogP contribution in [0.3, 0.4) is 0 Å². The van der Waals surface area contributed by atoms with E-state index in [1.807, 2.05) is 30.3 Å². The minimum Gasteiger partial charge on any atom is -0.508 e.